The fraction of sp³-hybridized carbons (Fsp3) is 0.227. The average Bonchev–Trinajstić information content (AvgIpc) is 2.63. The van der Waals surface area contributed by atoms with Gasteiger partial charge in [-0.25, -0.2) is 0 Å². The lowest BCUT2D eigenvalue weighted by molar-refractivity contribution is -0.123. The lowest BCUT2D eigenvalue weighted by Gasteiger charge is -2.18. The number of hydrogen-bond acceptors (Lipinski definition) is 2. The molecule has 134 valence electrons. The minimum absolute atomic E-state index is 0.0217. The van der Waals surface area contributed by atoms with Crippen molar-refractivity contribution in [1.82, 2.24) is 5.32 Å². The molecule has 1 N–H and O–H groups in total. The molecule has 0 bridgehead atoms. The van der Waals surface area contributed by atoms with Crippen LogP contribution in [0.2, 0.25) is 0 Å². The first-order valence-corrected chi connectivity index (χ1v) is 9.41. The van der Waals surface area contributed by atoms with Gasteiger partial charge in [0, 0.05) is 0 Å². The molecular formula is C22H22BrNO2. The van der Waals surface area contributed by atoms with E-state index in [1.165, 1.54) is 11.1 Å². The highest BCUT2D eigenvalue weighted by atomic mass is 79.9. The Bertz CT molecular complexity index is 952. The van der Waals surface area contributed by atoms with Crippen molar-refractivity contribution in [1.29, 1.82) is 0 Å². The lowest BCUT2D eigenvalue weighted by atomic mass is 10.00. The molecule has 1 atom stereocenters. The van der Waals surface area contributed by atoms with Gasteiger partial charge in [0.1, 0.15) is 5.75 Å². The van der Waals surface area contributed by atoms with Crippen molar-refractivity contribution >= 4 is 32.6 Å². The Kier molecular flexibility index (Phi) is 5.62. The van der Waals surface area contributed by atoms with Crippen molar-refractivity contribution in [2.45, 2.75) is 26.8 Å². The number of fused-ring (bicyclic) bond motifs is 1. The number of nitrogens with one attached hydrogen (secondary N) is 1. The highest BCUT2D eigenvalue weighted by Crippen LogP contribution is 2.33. The molecule has 0 saturated heterocycles. The van der Waals surface area contributed by atoms with Crippen LogP contribution in [-0.2, 0) is 4.79 Å². The molecule has 0 aliphatic heterocycles. The molecule has 1 unspecified atom stereocenters. The Morgan fingerprint density at radius 3 is 2.69 bits per heavy atom. The number of benzene rings is 3. The van der Waals surface area contributed by atoms with E-state index in [2.05, 4.69) is 53.3 Å². The summed E-state index contributed by atoms with van der Waals surface area (Å²) in [7, 11) is 0. The molecule has 0 aliphatic rings. The third kappa shape index (κ3) is 4.07. The number of hydrogen-bond donors (Lipinski definition) is 1. The number of aryl methyl sites for hydroxylation is 2. The maximum atomic E-state index is 12.3. The number of rotatable bonds is 5. The van der Waals surface area contributed by atoms with Gasteiger partial charge in [-0.2, -0.15) is 0 Å². The Morgan fingerprint density at radius 1 is 1.12 bits per heavy atom. The molecule has 0 radical (unpaired) electrons. The molecule has 4 heteroatoms. The van der Waals surface area contributed by atoms with E-state index in [0.717, 1.165) is 20.8 Å². The van der Waals surface area contributed by atoms with Gasteiger partial charge in [0.05, 0.1) is 10.5 Å². The van der Waals surface area contributed by atoms with Gasteiger partial charge in [0.15, 0.2) is 6.61 Å². The molecule has 26 heavy (non-hydrogen) atoms. The van der Waals surface area contributed by atoms with Gasteiger partial charge in [-0.3, -0.25) is 4.79 Å². The van der Waals surface area contributed by atoms with Crippen molar-refractivity contribution in [3.63, 3.8) is 0 Å². The van der Waals surface area contributed by atoms with Crippen molar-refractivity contribution < 1.29 is 9.53 Å². The molecule has 1 amide bonds. The maximum Gasteiger partial charge on any atom is 0.258 e. The summed E-state index contributed by atoms with van der Waals surface area (Å²) >= 11 is 3.58. The SMILES string of the molecule is Cc1ccc(C)c(C(C)NC(=O)COc2ccc3ccccc3c2Br)c1. The van der Waals surface area contributed by atoms with E-state index in [9.17, 15) is 4.79 Å². The maximum absolute atomic E-state index is 12.3. The van der Waals surface area contributed by atoms with E-state index < -0.39 is 0 Å². The second kappa shape index (κ2) is 7.92. The largest absolute Gasteiger partial charge is 0.483 e. The fourth-order valence-electron chi connectivity index (χ4n) is 3.06. The van der Waals surface area contributed by atoms with E-state index >= 15 is 0 Å². The predicted octanol–water partition coefficient (Wildman–Crippen LogP) is 5.48. The highest BCUT2D eigenvalue weighted by molar-refractivity contribution is 9.10. The molecule has 0 aliphatic carbocycles. The molecule has 0 fully saturated rings. The van der Waals surface area contributed by atoms with Crippen LogP contribution in [0, 0.1) is 13.8 Å². The number of ether oxygens (including phenoxy) is 1. The normalized spacial score (nSPS) is 12.0. The molecular weight excluding hydrogens is 390 g/mol. The minimum atomic E-state index is -0.140. The van der Waals surface area contributed by atoms with Crippen LogP contribution >= 0.6 is 15.9 Å². The molecule has 3 aromatic carbocycles. The van der Waals surface area contributed by atoms with E-state index in [1.54, 1.807) is 0 Å². The van der Waals surface area contributed by atoms with Crippen LogP contribution in [-0.4, -0.2) is 12.5 Å². The Labute approximate surface area is 162 Å². The fourth-order valence-corrected chi connectivity index (χ4v) is 3.66. The summed E-state index contributed by atoms with van der Waals surface area (Å²) in [5.74, 6) is 0.525. The third-order valence-electron chi connectivity index (χ3n) is 4.47. The Hall–Kier alpha value is -2.33. The molecule has 0 aromatic heterocycles. The monoisotopic (exact) mass is 411 g/mol. The number of carbonyl (C=O) groups excluding carboxylic acids is 1. The minimum Gasteiger partial charge on any atom is -0.483 e. The zero-order valence-electron chi connectivity index (χ0n) is 15.2. The smallest absolute Gasteiger partial charge is 0.258 e. The first-order valence-electron chi connectivity index (χ1n) is 8.62. The summed E-state index contributed by atoms with van der Waals surface area (Å²) in [6, 6.07) is 18.1. The van der Waals surface area contributed by atoms with Crippen molar-refractivity contribution in [2.75, 3.05) is 6.61 Å². The molecule has 3 rings (SSSR count). The van der Waals surface area contributed by atoms with Gasteiger partial charge in [-0.05, 0) is 64.7 Å². The molecule has 3 nitrogen and oxygen atoms in total. The second-order valence-corrected chi connectivity index (χ2v) is 7.33. The van der Waals surface area contributed by atoms with Crippen LogP contribution in [0.1, 0.15) is 29.7 Å². The summed E-state index contributed by atoms with van der Waals surface area (Å²) in [5, 5.41) is 5.20. The zero-order chi connectivity index (χ0) is 18.7. The Balaban J connectivity index is 1.66. The summed E-state index contributed by atoms with van der Waals surface area (Å²) in [6.07, 6.45) is 0. The Morgan fingerprint density at radius 2 is 1.88 bits per heavy atom. The highest BCUT2D eigenvalue weighted by Gasteiger charge is 2.13. The molecule has 0 saturated carbocycles. The van der Waals surface area contributed by atoms with Crippen LogP contribution in [0.15, 0.2) is 59.1 Å². The average molecular weight is 412 g/mol. The molecule has 0 heterocycles. The number of halogens is 1. The van der Waals surface area contributed by atoms with Crippen LogP contribution in [0.3, 0.4) is 0 Å². The first kappa shape index (κ1) is 18.5. The van der Waals surface area contributed by atoms with E-state index in [4.69, 9.17) is 4.74 Å². The van der Waals surface area contributed by atoms with Gasteiger partial charge in [0.2, 0.25) is 0 Å². The van der Waals surface area contributed by atoms with Gasteiger partial charge in [0.25, 0.3) is 5.91 Å². The van der Waals surface area contributed by atoms with Gasteiger partial charge in [-0.15, -0.1) is 0 Å². The van der Waals surface area contributed by atoms with Crippen LogP contribution in [0.4, 0.5) is 0 Å². The van der Waals surface area contributed by atoms with Crippen molar-refractivity contribution in [3.8, 4) is 5.75 Å². The molecule has 3 aromatic rings. The number of amides is 1. The molecule has 0 spiro atoms. The summed E-state index contributed by atoms with van der Waals surface area (Å²) < 4.78 is 6.61. The lowest BCUT2D eigenvalue weighted by Crippen LogP contribution is -2.31. The van der Waals surface area contributed by atoms with Crippen LogP contribution < -0.4 is 10.1 Å². The number of carbonyl (C=O) groups is 1. The summed E-state index contributed by atoms with van der Waals surface area (Å²) in [5.41, 5.74) is 3.48. The summed E-state index contributed by atoms with van der Waals surface area (Å²) in [6.45, 7) is 6.08. The van der Waals surface area contributed by atoms with Crippen LogP contribution in [0.25, 0.3) is 10.8 Å². The first-order chi connectivity index (χ1) is 12.5. The predicted molar refractivity (Wildman–Crippen MR) is 110 cm³/mol. The van der Waals surface area contributed by atoms with E-state index in [-0.39, 0.29) is 18.6 Å². The quantitative estimate of drug-likeness (QED) is 0.603. The van der Waals surface area contributed by atoms with E-state index in [0.29, 0.717) is 5.75 Å². The van der Waals surface area contributed by atoms with Gasteiger partial charge >= 0.3 is 0 Å². The van der Waals surface area contributed by atoms with E-state index in [1.807, 2.05) is 43.3 Å². The zero-order valence-corrected chi connectivity index (χ0v) is 16.8. The van der Waals surface area contributed by atoms with Crippen molar-refractivity contribution in [2.24, 2.45) is 0 Å². The van der Waals surface area contributed by atoms with Gasteiger partial charge in [-0.1, -0.05) is 54.1 Å². The van der Waals surface area contributed by atoms with Crippen LogP contribution in [0.5, 0.6) is 5.75 Å². The second-order valence-electron chi connectivity index (χ2n) is 6.54. The topological polar surface area (TPSA) is 38.3 Å². The van der Waals surface area contributed by atoms with Crippen molar-refractivity contribution in [3.05, 3.63) is 75.8 Å². The third-order valence-corrected chi connectivity index (χ3v) is 5.28. The van der Waals surface area contributed by atoms with Gasteiger partial charge < -0.3 is 10.1 Å². The summed E-state index contributed by atoms with van der Waals surface area (Å²) in [4.78, 5) is 12.3. The standard InChI is InChI=1S/C22H22BrNO2/c1-14-8-9-15(2)19(12-14)16(3)24-21(25)13-26-20-11-10-17-6-4-5-7-18(17)22(20)23/h4-12,16H,13H2,1-3H3,(H,24,25).